The molecule has 0 spiro atoms. The molecular weight excluding hydrogens is 355 g/mol. The standard InChI is InChI=1S/C19H23O6P/c1-21-9-10-25-13-5-7-15(8-6-13)26-19(20)18-16(23-3)11-14(22-2)12-17(18)24-4/h5-8,11-12,26H,9-10H2,1-4H3. The van der Waals surface area contributed by atoms with Crippen LogP contribution in [0.4, 0.5) is 0 Å². The zero-order chi connectivity index (χ0) is 18.9. The average Bonchev–Trinajstić information content (AvgIpc) is 2.68. The van der Waals surface area contributed by atoms with E-state index in [1.54, 1.807) is 26.4 Å². The molecule has 0 aliphatic carbocycles. The average molecular weight is 378 g/mol. The summed E-state index contributed by atoms with van der Waals surface area (Å²) in [5.74, 6) is 2.16. The van der Waals surface area contributed by atoms with E-state index in [1.807, 2.05) is 24.3 Å². The van der Waals surface area contributed by atoms with E-state index < -0.39 is 0 Å². The second-order valence-corrected chi connectivity index (χ2v) is 6.51. The van der Waals surface area contributed by atoms with Gasteiger partial charge >= 0.3 is 0 Å². The Hall–Kier alpha value is -2.30. The predicted octanol–water partition coefficient (Wildman–Crippen LogP) is 2.88. The Morgan fingerprint density at radius 3 is 1.96 bits per heavy atom. The van der Waals surface area contributed by atoms with Gasteiger partial charge in [-0.1, -0.05) is 12.1 Å². The highest BCUT2D eigenvalue weighted by molar-refractivity contribution is 7.66. The monoisotopic (exact) mass is 378 g/mol. The second kappa shape index (κ2) is 10.00. The molecule has 140 valence electrons. The van der Waals surface area contributed by atoms with Crippen molar-refractivity contribution in [2.45, 2.75) is 0 Å². The van der Waals surface area contributed by atoms with Crippen LogP contribution in [0.25, 0.3) is 0 Å². The molecule has 0 heterocycles. The Morgan fingerprint density at radius 2 is 1.46 bits per heavy atom. The Kier molecular flexibility index (Phi) is 7.70. The Morgan fingerprint density at radius 1 is 0.846 bits per heavy atom. The molecule has 1 atom stereocenters. The fourth-order valence-corrected chi connectivity index (χ4v) is 3.27. The predicted molar refractivity (Wildman–Crippen MR) is 102 cm³/mol. The van der Waals surface area contributed by atoms with Crippen LogP contribution in [-0.4, -0.2) is 47.2 Å². The first-order valence-corrected chi connectivity index (χ1v) is 8.96. The summed E-state index contributed by atoms with van der Waals surface area (Å²) < 4.78 is 26.4. The summed E-state index contributed by atoms with van der Waals surface area (Å²) >= 11 is 0. The molecule has 0 fully saturated rings. The first-order chi connectivity index (χ1) is 12.6. The van der Waals surface area contributed by atoms with Gasteiger partial charge in [0.2, 0.25) is 0 Å². The maximum atomic E-state index is 12.8. The largest absolute Gasteiger partial charge is 0.496 e. The van der Waals surface area contributed by atoms with Gasteiger partial charge < -0.3 is 23.7 Å². The Labute approximate surface area is 155 Å². The number of benzene rings is 2. The molecule has 7 heteroatoms. The minimum Gasteiger partial charge on any atom is -0.496 e. The fraction of sp³-hybridized carbons (Fsp3) is 0.316. The van der Waals surface area contributed by atoms with Crippen LogP contribution in [-0.2, 0) is 4.74 Å². The molecule has 0 radical (unpaired) electrons. The lowest BCUT2D eigenvalue weighted by atomic mass is 10.2. The molecule has 2 aromatic carbocycles. The molecule has 0 amide bonds. The van der Waals surface area contributed by atoms with Crippen LogP contribution >= 0.6 is 8.58 Å². The molecule has 0 saturated heterocycles. The van der Waals surface area contributed by atoms with Crippen LogP contribution in [0, 0.1) is 0 Å². The van der Waals surface area contributed by atoms with Gasteiger partial charge in [-0.3, -0.25) is 4.79 Å². The molecule has 26 heavy (non-hydrogen) atoms. The molecule has 2 aromatic rings. The summed E-state index contributed by atoms with van der Waals surface area (Å²) in [7, 11) is 6.13. The van der Waals surface area contributed by atoms with Crippen molar-refractivity contribution in [3.8, 4) is 23.0 Å². The number of hydrogen-bond donors (Lipinski definition) is 0. The fourth-order valence-electron chi connectivity index (χ4n) is 2.30. The minimum absolute atomic E-state index is 0.0692. The van der Waals surface area contributed by atoms with Crippen molar-refractivity contribution in [2.24, 2.45) is 0 Å². The third kappa shape index (κ3) is 5.10. The van der Waals surface area contributed by atoms with Crippen molar-refractivity contribution in [2.75, 3.05) is 41.7 Å². The molecule has 6 nitrogen and oxygen atoms in total. The van der Waals surface area contributed by atoms with Crippen molar-refractivity contribution in [3.63, 3.8) is 0 Å². The topological polar surface area (TPSA) is 63.2 Å². The van der Waals surface area contributed by atoms with E-state index in [2.05, 4.69) is 0 Å². The van der Waals surface area contributed by atoms with Crippen molar-refractivity contribution in [1.29, 1.82) is 0 Å². The lowest BCUT2D eigenvalue weighted by Crippen LogP contribution is -2.07. The van der Waals surface area contributed by atoms with Gasteiger partial charge in [0.05, 0.1) is 27.9 Å². The summed E-state index contributed by atoms with van der Waals surface area (Å²) in [4.78, 5) is 12.8. The van der Waals surface area contributed by atoms with Crippen LogP contribution in [0.3, 0.4) is 0 Å². The van der Waals surface area contributed by atoms with Crippen LogP contribution in [0.2, 0.25) is 0 Å². The Bertz CT molecular complexity index is 704. The number of methoxy groups -OCH3 is 4. The molecule has 0 aliphatic rings. The highest BCUT2D eigenvalue weighted by Crippen LogP contribution is 2.37. The number of rotatable bonds is 10. The zero-order valence-electron chi connectivity index (χ0n) is 15.3. The molecule has 0 aromatic heterocycles. The quantitative estimate of drug-likeness (QED) is 0.468. The zero-order valence-corrected chi connectivity index (χ0v) is 16.3. The lowest BCUT2D eigenvalue weighted by molar-refractivity contribution is 0.108. The maximum absolute atomic E-state index is 12.8. The van der Waals surface area contributed by atoms with E-state index in [0.29, 0.717) is 36.0 Å². The van der Waals surface area contributed by atoms with Crippen molar-refractivity contribution < 1.29 is 28.5 Å². The van der Waals surface area contributed by atoms with E-state index in [1.165, 1.54) is 14.2 Å². The van der Waals surface area contributed by atoms with E-state index in [4.69, 9.17) is 23.7 Å². The van der Waals surface area contributed by atoms with Gasteiger partial charge in [0.15, 0.2) is 5.52 Å². The van der Waals surface area contributed by atoms with Gasteiger partial charge in [-0.25, -0.2) is 0 Å². The van der Waals surface area contributed by atoms with Crippen LogP contribution in [0.1, 0.15) is 10.4 Å². The van der Waals surface area contributed by atoms with Gasteiger partial charge in [0, 0.05) is 19.2 Å². The number of ether oxygens (including phenoxy) is 5. The number of carbonyl (C=O) groups excluding carboxylic acids is 1. The molecule has 0 bridgehead atoms. The van der Waals surface area contributed by atoms with Crippen molar-refractivity contribution >= 4 is 19.4 Å². The van der Waals surface area contributed by atoms with Gasteiger partial charge in [-0.05, 0) is 26.0 Å². The summed E-state index contributed by atoms with van der Waals surface area (Å²) in [5.41, 5.74) is 0.337. The van der Waals surface area contributed by atoms with E-state index in [-0.39, 0.29) is 14.1 Å². The summed E-state index contributed by atoms with van der Waals surface area (Å²) in [6, 6.07) is 10.8. The molecule has 1 unspecified atom stereocenters. The van der Waals surface area contributed by atoms with Crippen LogP contribution in [0.15, 0.2) is 36.4 Å². The highest BCUT2D eigenvalue weighted by Gasteiger charge is 2.20. The van der Waals surface area contributed by atoms with Gasteiger partial charge in [-0.15, -0.1) is 0 Å². The second-order valence-electron chi connectivity index (χ2n) is 5.23. The van der Waals surface area contributed by atoms with Gasteiger partial charge in [0.25, 0.3) is 0 Å². The van der Waals surface area contributed by atoms with Gasteiger partial charge in [-0.2, -0.15) is 0 Å². The molecule has 0 aliphatic heterocycles. The number of carbonyl (C=O) groups is 1. The minimum atomic E-state index is -0.0746. The third-order valence-corrected chi connectivity index (χ3v) is 4.71. The van der Waals surface area contributed by atoms with E-state index in [9.17, 15) is 4.79 Å². The van der Waals surface area contributed by atoms with Crippen molar-refractivity contribution in [3.05, 3.63) is 42.0 Å². The third-order valence-electron chi connectivity index (χ3n) is 3.61. The molecule has 2 rings (SSSR count). The van der Waals surface area contributed by atoms with Crippen LogP contribution in [0.5, 0.6) is 23.0 Å². The van der Waals surface area contributed by atoms with Crippen molar-refractivity contribution in [1.82, 2.24) is 0 Å². The summed E-state index contributed by atoms with van der Waals surface area (Å²) in [6.07, 6.45) is 0. The smallest absolute Gasteiger partial charge is 0.193 e. The highest BCUT2D eigenvalue weighted by atomic mass is 31.1. The van der Waals surface area contributed by atoms with Gasteiger partial charge in [0.1, 0.15) is 35.2 Å². The number of hydrogen-bond acceptors (Lipinski definition) is 6. The Balaban J connectivity index is 2.16. The molecular formula is C19H23O6P. The first kappa shape index (κ1) is 20.0. The normalized spacial score (nSPS) is 10.8. The first-order valence-electron chi connectivity index (χ1n) is 7.96. The van der Waals surface area contributed by atoms with E-state index in [0.717, 1.165) is 11.1 Å². The van der Waals surface area contributed by atoms with Crippen LogP contribution < -0.4 is 24.3 Å². The molecule has 0 N–H and O–H groups in total. The lowest BCUT2D eigenvalue weighted by Gasteiger charge is -2.14. The van der Waals surface area contributed by atoms with E-state index >= 15 is 0 Å². The summed E-state index contributed by atoms with van der Waals surface area (Å²) in [6.45, 7) is 1.01. The molecule has 0 saturated carbocycles. The SMILES string of the molecule is COCCOc1ccc(PC(=O)c2c(OC)cc(OC)cc2OC)cc1. The summed E-state index contributed by atoms with van der Waals surface area (Å²) in [5, 5.41) is 0.897. The maximum Gasteiger partial charge on any atom is 0.193 e.